The van der Waals surface area contributed by atoms with Gasteiger partial charge >= 0.3 is 0 Å². The normalized spacial score (nSPS) is 17.7. The largest absolute Gasteiger partial charge is 0.310 e. The lowest BCUT2D eigenvalue weighted by molar-refractivity contribution is 0.621. The van der Waals surface area contributed by atoms with Gasteiger partial charge in [-0.25, -0.2) is 4.39 Å². The molecule has 9 aromatic rings. The first kappa shape index (κ1) is 33.7. The summed E-state index contributed by atoms with van der Waals surface area (Å²) in [6.07, 6.45) is 0. The first-order chi connectivity index (χ1) is 29.9. The quantitative estimate of drug-likeness (QED) is 0.150. The van der Waals surface area contributed by atoms with Crippen molar-refractivity contribution in [3.05, 3.63) is 233 Å². The number of benzene rings is 9. The number of hydrogen-bond acceptors (Lipinski definition) is 1. The number of halogens is 1. The minimum atomic E-state index is -2.71. The first-order valence-corrected chi connectivity index (χ1v) is 23.5. The van der Waals surface area contributed by atoms with Crippen molar-refractivity contribution in [3.8, 4) is 44.5 Å². The number of para-hydroxylation sites is 1. The van der Waals surface area contributed by atoms with Gasteiger partial charge in [0.1, 0.15) is 5.82 Å². The van der Waals surface area contributed by atoms with Crippen LogP contribution in [0.15, 0.2) is 194 Å². The zero-order valence-corrected chi connectivity index (χ0v) is 34.8. The van der Waals surface area contributed by atoms with Crippen LogP contribution in [-0.2, 0) is 10.8 Å². The second-order valence-corrected chi connectivity index (χ2v) is 21.7. The molecule has 0 fully saturated rings. The van der Waals surface area contributed by atoms with Crippen LogP contribution in [0.25, 0.3) is 44.5 Å². The Hall–Kier alpha value is -7.07. The highest BCUT2D eigenvalue weighted by Crippen LogP contribution is 2.65. The van der Waals surface area contributed by atoms with Crippen LogP contribution < -0.4 is 25.6 Å². The van der Waals surface area contributed by atoms with E-state index in [2.05, 4.69) is 195 Å². The Bertz CT molecular complexity index is 3390. The Labute approximate surface area is 356 Å². The van der Waals surface area contributed by atoms with Gasteiger partial charge in [0.15, 0.2) is 8.07 Å². The monoisotopic (exact) mass is 795 g/mol. The molecule has 1 atom stereocenters. The lowest BCUT2D eigenvalue weighted by Gasteiger charge is -2.46. The van der Waals surface area contributed by atoms with E-state index >= 15 is 4.39 Å². The van der Waals surface area contributed by atoms with Crippen molar-refractivity contribution in [2.75, 3.05) is 4.90 Å². The van der Waals surface area contributed by atoms with Gasteiger partial charge < -0.3 is 4.90 Å². The third-order valence-corrected chi connectivity index (χ3v) is 20.1. The van der Waals surface area contributed by atoms with Crippen molar-refractivity contribution in [2.24, 2.45) is 0 Å². The molecule has 0 aromatic heterocycles. The Morgan fingerprint density at radius 2 is 0.869 bits per heavy atom. The van der Waals surface area contributed by atoms with Crippen LogP contribution in [0.5, 0.6) is 0 Å². The van der Waals surface area contributed by atoms with Crippen molar-refractivity contribution >= 4 is 45.9 Å². The van der Waals surface area contributed by atoms with Crippen LogP contribution in [-0.4, -0.2) is 8.07 Å². The number of nitrogens with zero attached hydrogens (tertiary/aromatic N) is 1. The van der Waals surface area contributed by atoms with Crippen LogP contribution >= 0.6 is 0 Å². The highest BCUT2D eigenvalue weighted by molar-refractivity contribution is 7.24. The van der Waals surface area contributed by atoms with E-state index in [1.807, 2.05) is 12.1 Å². The van der Waals surface area contributed by atoms with Gasteiger partial charge in [-0.2, -0.15) is 0 Å². The molecule has 14 rings (SSSR count). The predicted molar refractivity (Wildman–Crippen MR) is 251 cm³/mol. The minimum absolute atomic E-state index is 0.217. The fourth-order valence-electron chi connectivity index (χ4n) is 12.8. The van der Waals surface area contributed by atoms with E-state index < -0.39 is 13.5 Å². The molecule has 0 N–H and O–H groups in total. The second kappa shape index (κ2) is 11.4. The van der Waals surface area contributed by atoms with E-state index in [-0.39, 0.29) is 11.2 Å². The molecule has 286 valence electrons. The Kier molecular flexibility index (Phi) is 6.30. The molecular weight excluding hydrogens is 758 g/mol. The van der Waals surface area contributed by atoms with E-state index in [0.717, 1.165) is 39.3 Å². The van der Waals surface area contributed by atoms with Crippen molar-refractivity contribution in [3.63, 3.8) is 0 Å². The summed E-state index contributed by atoms with van der Waals surface area (Å²) in [5, 5.41) is 5.85. The van der Waals surface area contributed by atoms with Crippen molar-refractivity contribution in [2.45, 2.75) is 24.7 Å². The van der Waals surface area contributed by atoms with E-state index in [1.54, 1.807) is 6.07 Å². The molecule has 5 aliphatic rings. The molecule has 0 saturated carbocycles. The number of hydrogen-bond donors (Lipinski definition) is 0. The molecule has 1 unspecified atom stereocenters. The summed E-state index contributed by atoms with van der Waals surface area (Å²) in [4.78, 5) is 2.55. The summed E-state index contributed by atoms with van der Waals surface area (Å²) in [6.45, 7) is 4.74. The van der Waals surface area contributed by atoms with Crippen LogP contribution in [0, 0.1) is 5.82 Å². The number of fused-ring (bicyclic) bond motifs is 22. The predicted octanol–water partition coefficient (Wildman–Crippen LogP) is 11.6. The maximum atomic E-state index is 15.9. The molecule has 3 heterocycles. The highest BCUT2D eigenvalue weighted by Gasteiger charge is 2.56. The van der Waals surface area contributed by atoms with Gasteiger partial charge in [0.25, 0.3) is 0 Å². The molecule has 0 bridgehead atoms. The molecule has 61 heavy (non-hydrogen) atoms. The van der Waals surface area contributed by atoms with Crippen LogP contribution in [0.4, 0.5) is 21.5 Å². The summed E-state index contributed by atoms with van der Waals surface area (Å²) in [7, 11) is -2.71. The lowest BCUT2D eigenvalue weighted by atomic mass is 9.64. The third-order valence-electron chi connectivity index (χ3n) is 15.1. The summed E-state index contributed by atoms with van der Waals surface area (Å²) < 4.78 is 15.9. The van der Waals surface area contributed by atoms with E-state index in [0.29, 0.717) is 0 Å². The van der Waals surface area contributed by atoms with Crippen molar-refractivity contribution < 1.29 is 4.39 Å². The summed E-state index contributed by atoms with van der Waals surface area (Å²) in [6, 6.07) is 71.9. The maximum absolute atomic E-state index is 15.9. The standard InChI is InChI=1S/C58H38FNSi/c1-57(2)45-20-8-3-16-38(45)44-33-50-52(34-48(44)57)60(51-23-11-10-22-47(51)58(50)46-21-9-4-15-37(46)39-29-27-35(59)31-49(39)58)36-28-30-43-42-19-7-14-26-55(42)61(56(43)32-36)53-24-12-5-17-40(53)41-18-6-13-25-54(41)61/h3-34H,1-2H3. The Morgan fingerprint density at radius 1 is 0.361 bits per heavy atom. The van der Waals surface area contributed by atoms with Crippen LogP contribution in [0.3, 0.4) is 0 Å². The molecule has 3 heteroatoms. The molecule has 2 aliphatic carbocycles. The fraction of sp³-hybridized carbons (Fsp3) is 0.0690. The molecule has 0 amide bonds. The van der Waals surface area contributed by atoms with Crippen LogP contribution in [0.2, 0.25) is 0 Å². The SMILES string of the molecule is CC1(C)c2ccccc2-c2cc3c(cc21)N(c1ccc2c(c1)[Si]1(c4ccccc4-c4ccccc41)c1ccccc1-2)c1ccccc1C31c2ccccc2-c2ccc(F)cc21. The average Bonchev–Trinajstić information content (AvgIpc) is 3.95. The van der Waals surface area contributed by atoms with Gasteiger partial charge in [-0.1, -0.05) is 166 Å². The average molecular weight is 796 g/mol. The number of anilines is 3. The maximum Gasteiger partial charge on any atom is 0.182 e. The van der Waals surface area contributed by atoms with Gasteiger partial charge in [-0.05, 0) is 141 Å². The Balaban J connectivity index is 1.11. The van der Waals surface area contributed by atoms with E-state index in [1.165, 1.54) is 76.4 Å². The number of rotatable bonds is 1. The van der Waals surface area contributed by atoms with Gasteiger partial charge in [-0.3, -0.25) is 0 Å². The van der Waals surface area contributed by atoms with Gasteiger partial charge in [0.05, 0.1) is 16.8 Å². The molecule has 2 spiro atoms. The van der Waals surface area contributed by atoms with Gasteiger partial charge in [0.2, 0.25) is 0 Å². The minimum Gasteiger partial charge on any atom is -0.310 e. The fourth-order valence-corrected chi connectivity index (χ4v) is 18.4. The summed E-state index contributed by atoms with van der Waals surface area (Å²) >= 11 is 0. The van der Waals surface area contributed by atoms with Crippen LogP contribution in [0.1, 0.15) is 47.2 Å². The summed E-state index contributed by atoms with van der Waals surface area (Å²) in [5.74, 6) is -0.217. The van der Waals surface area contributed by atoms with E-state index in [9.17, 15) is 0 Å². The molecule has 0 saturated heterocycles. The molecule has 0 radical (unpaired) electrons. The topological polar surface area (TPSA) is 3.24 Å². The van der Waals surface area contributed by atoms with Gasteiger partial charge in [-0.15, -0.1) is 0 Å². The molecular formula is C58H38FNSi. The molecule has 1 nitrogen and oxygen atoms in total. The van der Waals surface area contributed by atoms with Crippen molar-refractivity contribution in [1.82, 2.24) is 0 Å². The van der Waals surface area contributed by atoms with Gasteiger partial charge in [0, 0.05) is 11.1 Å². The highest BCUT2D eigenvalue weighted by atomic mass is 28.3. The third kappa shape index (κ3) is 3.85. The molecule has 3 aliphatic heterocycles. The molecule has 9 aromatic carbocycles. The smallest absolute Gasteiger partial charge is 0.182 e. The zero-order chi connectivity index (χ0) is 40.4. The zero-order valence-electron chi connectivity index (χ0n) is 33.8. The Morgan fingerprint density at radius 3 is 1.54 bits per heavy atom. The van der Waals surface area contributed by atoms with E-state index in [4.69, 9.17) is 0 Å². The lowest BCUT2D eigenvalue weighted by Crippen LogP contribution is -2.70. The van der Waals surface area contributed by atoms with Crippen molar-refractivity contribution in [1.29, 1.82) is 0 Å². The second-order valence-electron chi connectivity index (χ2n) is 18.0. The summed E-state index contributed by atoms with van der Waals surface area (Å²) in [5.41, 5.74) is 19.8. The first-order valence-electron chi connectivity index (χ1n) is 21.5.